The zero-order valence-electron chi connectivity index (χ0n) is 19.9. The van der Waals surface area contributed by atoms with E-state index in [-0.39, 0.29) is 13.2 Å². The monoisotopic (exact) mass is 568 g/mol. The van der Waals surface area contributed by atoms with Crippen LogP contribution in [0.15, 0.2) is 43.0 Å². The van der Waals surface area contributed by atoms with Gasteiger partial charge in [0.2, 0.25) is 5.91 Å². The van der Waals surface area contributed by atoms with Crippen molar-refractivity contribution in [1.29, 1.82) is 0 Å². The molecule has 11 heteroatoms. The lowest BCUT2D eigenvalue weighted by Gasteiger charge is -2.52. The minimum atomic E-state index is -1.80. The van der Waals surface area contributed by atoms with Gasteiger partial charge < -0.3 is 24.8 Å². The number of β-lactam (4-membered cyclic amide) rings is 1. The number of hydrogen-bond donors (Lipinski definition) is 2. The molecule has 2 fully saturated rings. The summed E-state index contributed by atoms with van der Waals surface area (Å²) >= 11 is 4.59. The first kappa shape index (κ1) is 27.2. The molecule has 1 unspecified atom stereocenters. The first-order valence-electron chi connectivity index (χ1n) is 11.0. The van der Waals surface area contributed by atoms with E-state index >= 15 is 0 Å². The summed E-state index contributed by atoms with van der Waals surface area (Å²) in [5.74, 6) is -1.98. The number of fused-ring (bicyclic) bond motifs is 1. The van der Waals surface area contributed by atoms with Crippen molar-refractivity contribution in [1.82, 2.24) is 10.2 Å². The van der Waals surface area contributed by atoms with Crippen LogP contribution in [0.2, 0.25) is 0 Å². The van der Waals surface area contributed by atoms with E-state index in [9.17, 15) is 24.3 Å². The van der Waals surface area contributed by atoms with Crippen LogP contribution in [0.1, 0.15) is 33.3 Å². The van der Waals surface area contributed by atoms with Crippen LogP contribution in [0.5, 0.6) is 0 Å². The number of hydrogen-bond acceptors (Lipinski definition) is 8. The summed E-state index contributed by atoms with van der Waals surface area (Å²) < 4.78 is 7.96. The third kappa shape index (κ3) is 4.99. The van der Waals surface area contributed by atoms with Gasteiger partial charge in [0.15, 0.2) is 10.1 Å². The smallest absolute Gasteiger partial charge is 0.408 e. The van der Waals surface area contributed by atoms with Gasteiger partial charge in [-0.2, -0.15) is 0 Å². The molecule has 3 rings (SSSR count). The SMILES string of the molecule is C=CCOC(=O)[C@@H]1N2C(=O)[C@@](Br)(C(O)C(=O)C(C)(C)NC(=O)OCc3ccccc3)[C@H]2SC1(C)C. The fourth-order valence-electron chi connectivity index (χ4n) is 4.11. The molecule has 0 spiro atoms. The van der Waals surface area contributed by atoms with Crippen molar-refractivity contribution < 1.29 is 33.8 Å². The number of ether oxygens (including phenoxy) is 2. The molecular formula is C24H29BrN2O7S. The molecule has 0 radical (unpaired) electrons. The lowest BCUT2D eigenvalue weighted by atomic mass is 9.81. The molecule has 2 saturated heterocycles. The van der Waals surface area contributed by atoms with Gasteiger partial charge in [-0.1, -0.05) is 58.9 Å². The predicted octanol–water partition coefficient (Wildman–Crippen LogP) is 2.55. The van der Waals surface area contributed by atoms with Gasteiger partial charge >= 0.3 is 12.1 Å². The molecule has 2 aliphatic heterocycles. The number of alkyl halides is 1. The molecule has 4 atom stereocenters. The minimum Gasteiger partial charge on any atom is -0.460 e. The quantitative estimate of drug-likeness (QED) is 0.202. The number of carbonyl (C=O) groups is 4. The molecule has 190 valence electrons. The Balaban J connectivity index is 1.70. The Morgan fingerprint density at radius 3 is 2.51 bits per heavy atom. The Morgan fingerprint density at radius 1 is 1.29 bits per heavy atom. The van der Waals surface area contributed by atoms with Gasteiger partial charge in [-0.3, -0.25) is 9.59 Å². The number of esters is 1. The van der Waals surface area contributed by atoms with E-state index in [1.54, 1.807) is 38.1 Å². The number of aliphatic hydroxyl groups is 1. The van der Waals surface area contributed by atoms with Crippen molar-refractivity contribution in [3.8, 4) is 0 Å². The van der Waals surface area contributed by atoms with E-state index in [1.807, 2.05) is 6.07 Å². The Morgan fingerprint density at radius 2 is 1.91 bits per heavy atom. The second kappa shape index (κ2) is 9.94. The number of nitrogens with one attached hydrogen (secondary N) is 1. The number of halogens is 1. The summed E-state index contributed by atoms with van der Waals surface area (Å²) in [7, 11) is 0. The molecule has 2 N–H and O–H groups in total. The average molecular weight is 569 g/mol. The van der Waals surface area contributed by atoms with Gasteiger partial charge in [0.05, 0.1) is 5.54 Å². The molecular weight excluding hydrogens is 540 g/mol. The van der Waals surface area contributed by atoms with E-state index in [0.717, 1.165) is 5.56 Å². The zero-order chi connectivity index (χ0) is 26.2. The normalized spacial score (nSPS) is 25.7. The lowest BCUT2D eigenvalue weighted by molar-refractivity contribution is -0.169. The Kier molecular flexibility index (Phi) is 7.73. The molecule has 2 aliphatic rings. The number of rotatable bonds is 9. The van der Waals surface area contributed by atoms with E-state index in [1.165, 1.54) is 36.6 Å². The van der Waals surface area contributed by atoms with Gasteiger partial charge in [0, 0.05) is 4.75 Å². The maximum Gasteiger partial charge on any atom is 0.408 e. The standard InChI is InChI=1S/C24H29BrN2O7S/c1-6-12-33-18(30)15-23(4,5)35-20-24(25,19(31)27(15)20)17(29)16(28)22(2,3)26-21(32)34-13-14-10-8-7-9-11-14/h6-11,15,17,20,29H,1,12-13H2,2-5H3,(H,26,32)/t15-,17?,20+,24-/m0/s1. The van der Waals surface area contributed by atoms with Gasteiger partial charge in [0.25, 0.3) is 0 Å². The van der Waals surface area contributed by atoms with Crippen molar-refractivity contribution in [2.24, 2.45) is 0 Å². The van der Waals surface area contributed by atoms with Crippen molar-refractivity contribution in [3.63, 3.8) is 0 Å². The molecule has 1 aromatic carbocycles. The number of aliphatic hydroxyl groups excluding tert-OH is 1. The number of nitrogens with zero attached hydrogens (tertiary/aromatic N) is 1. The highest BCUT2D eigenvalue weighted by Gasteiger charge is 2.74. The minimum absolute atomic E-state index is 0.00355. The van der Waals surface area contributed by atoms with Crippen molar-refractivity contribution in [2.45, 2.75) is 66.4 Å². The summed E-state index contributed by atoms with van der Waals surface area (Å²) in [4.78, 5) is 52.7. The summed E-state index contributed by atoms with van der Waals surface area (Å²) in [5.41, 5.74) is -0.774. The van der Waals surface area contributed by atoms with Crippen molar-refractivity contribution in [2.75, 3.05) is 6.61 Å². The van der Waals surface area contributed by atoms with E-state index in [2.05, 4.69) is 27.8 Å². The molecule has 2 heterocycles. The number of Topliss-reactive ketones (excluding diaryl/α,β-unsaturated/α-hetero) is 1. The lowest BCUT2D eigenvalue weighted by Crippen LogP contribution is -2.77. The molecule has 0 aromatic heterocycles. The van der Waals surface area contributed by atoms with E-state index < -0.39 is 55.9 Å². The van der Waals surface area contributed by atoms with Crippen molar-refractivity contribution >= 4 is 51.4 Å². The third-order valence-corrected chi connectivity index (χ3v) is 9.15. The molecule has 35 heavy (non-hydrogen) atoms. The maximum absolute atomic E-state index is 13.2. The number of thioether (sulfide) groups is 1. The van der Waals surface area contributed by atoms with Crippen LogP contribution in [0.25, 0.3) is 0 Å². The van der Waals surface area contributed by atoms with Crippen LogP contribution in [-0.4, -0.2) is 72.5 Å². The average Bonchev–Trinajstić information content (AvgIpc) is 3.08. The molecule has 0 bridgehead atoms. The highest BCUT2D eigenvalue weighted by atomic mass is 79.9. The summed E-state index contributed by atoms with van der Waals surface area (Å²) in [6, 6.07) is 8.13. The van der Waals surface area contributed by atoms with Crippen LogP contribution in [0.4, 0.5) is 4.79 Å². The summed E-state index contributed by atoms with van der Waals surface area (Å²) in [5, 5.41) is 12.8. The summed E-state index contributed by atoms with van der Waals surface area (Å²) in [6.07, 6.45) is -1.21. The largest absolute Gasteiger partial charge is 0.460 e. The molecule has 0 aliphatic carbocycles. The highest BCUT2D eigenvalue weighted by Crippen LogP contribution is 2.59. The third-order valence-electron chi connectivity index (χ3n) is 5.98. The predicted molar refractivity (Wildman–Crippen MR) is 134 cm³/mol. The molecule has 1 aromatic rings. The Hall–Kier alpha value is -2.37. The van der Waals surface area contributed by atoms with Crippen LogP contribution < -0.4 is 5.32 Å². The van der Waals surface area contributed by atoms with Crippen LogP contribution in [-0.2, 0) is 30.5 Å². The number of ketones is 1. The van der Waals surface area contributed by atoms with E-state index in [0.29, 0.717) is 0 Å². The maximum atomic E-state index is 13.2. The molecule has 2 amide bonds. The van der Waals surface area contributed by atoms with Gasteiger partial charge in [-0.15, -0.1) is 11.8 Å². The fraction of sp³-hybridized carbons (Fsp3) is 0.500. The first-order chi connectivity index (χ1) is 16.3. The van der Waals surface area contributed by atoms with Crippen LogP contribution in [0.3, 0.4) is 0 Å². The van der Waals surface area contributed by atoms with Crippen LogP contribution in [0, 0.1) is 0 Å². The Labute approximate surface area is 216 Å². The topological polar surface area (TPSA) is 122 Å². The zero-order valence-corrected chi connectivity index (χ0v) is 22.4. The first-order valence-corrected chi connectivity index (χ1v) is 12.6. The van der Waals surface area contributed by atoms with E-state index in [4.69, 9.17) is 9.47 Å². The Bertz CT molecular complexity index is 1030. The number of amides is 2. The second-order valence-corrected chi connectivity index (χ2v) is 12.5. The van der Waals surface area contributed by atoms with Gasteiger partial charge in [0.1, 0.15) is 30.7 Å². The second-order valence-electron chi connectivity index (χ2n) is 9.45. The molecule has 9 nitrogen and oxygen atoms in total. The summed E-state index contributed by atoms with van der Waals surface area (Å²) in [6.45, 7) is 9.94. The molecule has 0 saturated carbocycles. The number of benzene rings is 1. The number of carbonyl (C=O) groups excluding carboxylic acids is 4. The van der Waals surface area contributed by atoms with Crippen molar-refractivity contribution in [3.05, 3.63) is 48.6 Å². The van der Waals surface area contributed by atoms with Gasteiger partial charge in [-0.05, 0) is 33.3 Å². The fourth-order valence-corrected chi connectivity index (χ4v) is 6.67. The van der Waals surface area contributed by atoms with Crippen LogP contribution >= 0.6 is 27.7 Å². The highest BCUT2D eigenvalue weighted by molar-refractivity contribution is 9.10. The number of alkyl carbamates (subject to hydrolysis) is 1. The van der Waals surface area contributed by atoms with Gasteiger partial charge in [-0.25, -0.2) is 9.59 Å².